The van der Waals surface area contributed by atoms with Crippen LogP contribution in [0.25, 0.3) is 0 Å². The molecule has 13 nitrogen and oxygen atoms in total. The Morgan fingerprint density at radius 3 is 0.909 bits per heavy atom. The minimum absolute atomic E-state index is 0.0201. The molecule has 0 aliphatic rings. The summed E-state index contributed by atoms with van der Waals surface area (Å²) in [5, 5.41) is 11.2. The molecule has 0 aromatic rings. The molecule has 0 amide bonds. The molecule has 320 valence electrons. The number of carbonyl (C=O) groups excluding carboxylic acids is 6. The zero-order valence-electron chi connectivity index (χ0n) is 35.0. The van der Waals surface area contributed by atoms with E-state index in [1.807, 2.05) is 0 Å². The molecular weight excluding hydrogens is 712 g/mol. The molecule has 1 N–H and O–H groups in total. The van der Waals surface area contributed by atoms with Crippen LogP contribution in [0.5, 0.6) is 0 Å². The molecule has 0 bridgehead atoms. The SMILES string of the molecule is CC(C)CCCC(=O)OCCCCCOC(=O)CC(O)(CC(=O)OCCCCCOC(=O)CCCC(C)C)C(=O)OCCCCCOC(=O)CCCC(C)C. The van der Waals surface area contributed by atoms with Crippen LogP contribution in [0.15, 0.2) is 0 Å². The third-order valence-corrected chi connectivity index (χ3v) is 8.66. The normalized spacial score (nSPS) is 11.5. The third kappa shape index (κ3) is 32.7. The van der Waals surface area contributed by atoms with Crippen molar-refractivity contribution in [3.05, 3.63) is 0 Å². The minimum atomic E-state index is -2.49. The van der Waals surface area contributed by atoms with Crippen LogP contribution >= 0.6 is 0 Å². The summed E-state index contributed by atoms with van der Waals surface area (Å²) in [6.07, 6.45) is 9.80. The topological polar surface area (TPSA) is 178 Å². The first-order valence-electron chi connectivity index (χ1n) is 20.8. The molecule has 0 radical (unpaired) electrons. The molecule has 0 spiro atoms. The van der Waals surface area contributed by atoms with Gasteiger partial charge in [-0.1, -0.05) is 60.8 Å². The highest BCUT2D eigenvalue weighted by atomic mass is 16.6. The van der Waals surface area contributed by atoms with Crippen LogP contribution in [0.4, 0.5) is 0 Å². The van der Waals surface area contributed by atoms with Crippen LogP contribution < -0.4 is 0 Å². The fourth-order valence-corrected chi connectivity index (χ4v) is 5.34. The van der Waals surface area contributed by atoms with Gasteiger partial charge in [0.25, 0.3) is 0 Å². The van der Waals surface area contributed by atoms with Gasteiger partial charge in [-0.3, -0.25) is 24.0 Å². The lowest BCUT2D eigenvalue weighted by molar-refractivity contribution is -0.178. The number of ether oxygens (including phenoxy) is 6. The van der Waals surface area contributed by atoms with Gasteiger partial charge in [0.15, 0.2) is 5.60 Å². The number of esters is 6. The molecule has 0 atom stereocenters. The van der Waals surface area contributed by atoms with Gasteiger partial charge in [0, 0.05) is 19.3 Å². The number of hydrogen-bond donors (Lipinski definition) is 1. The van der Waals surface area contributed by atoms with Crippen molar-refractivity contribution in [3.63, 3.8) is 0 Å². The van der Waals surface area contributed by atoms with Crippen molar-refractivity contribution in [2.24, 2.45) is 17.8 Å². The van der Waals surface area contributed by atoms with Crippen LogP contribution in [0.3, 0.4) is 0 Å². The molecule has 0 rings (SSSR count). The van der Waals surface area contributed by atoms with Gasteiger partial charge in [0.05, 0.1) is 52.5 Å². The molecule has 13 heteroatoms. The molecule has 0 unspecified atom stereocenters. The van der Waals surface area contributed by atoms with Gasteiger partial charge in [0.2, 0.25) is 0 Å². The largest absolute Gasteiger partial charge is 0.466 e. The summed E-state index contributed by atoms with van der Waals surface area (Å²) < 4.78 is 31.5. The summed E-state index contributed by atoms with van der Waals surface area (Å²) >= 11 is 0. The van der Waals surface area contributed by atoms with Crippen LogP contribution in [-0.2, 0) is 57.2 Å². The molecule has 0 aromatic heterocycles. The lowest BCUT2D eigenvalue weighted by atomic mass is 9.95. The average Bonchev–Trinajstić information content (AvgIpc) is 3.09. The van der Waals surface area contributed by atoms with Crippen molar-refractivity contribution in [1.82, 2.24) is 0 Å². The van der Waals surface area contributed by atoms with Crippen molar-refractivity contribution < 1.29 is 62.3 Å². The Balaban J connectivity index is 4.73. The second kappa shape index (κ2) is 33.0. The standard InChI is InChI=1S/C42H74O13/c1-33(2)19-16-22-36(43)50-25-10-7-13-28-53-39(46)31-42(49,41(48)55-30-15-9-12-27-52-38(45)24-18-21-35(5)6)32-40(47)54-29-14-8-11-26-51-37(44)23-17-20-34(3)4/h33-35,49H,7-32H2,1-6H3. The summed E-state index contributed by atoms with van der Waals surface area (Å²) in [7, 11) is 0. The quantitative estimate of drug-likeness (QED) is 0.0375. The Kier molecular flexibility index (Phi) is 31.0. The van der Waals surface area contributed by atoms with Crippen molar-refractivity contribution >= 4 is 35.8 Å². The van der Waals surface area contributed by atoms with Gasteiger partial charge in [-0.2, -0.15) is 0 Å². The van der Waals surface area contributed by atoms with E-state index in [1.54, 1.807) is 0 Å². The van der Waals surface area contributed by atoms with Crippen molar-refractivity contribution in [2.45, 2.75) is 176 Å². The predicted octanol–water partition coefficient (Wildman–Crippen LogP) is 7.75. The summed E-state index contributed by atoms with van der Waals surface area (Å²) in [6.45, 7) is 13.4. The molecule has 0 heterocycles. The predicted molar refractivity (Wildman–Crippen MR) is 208 cm³/mol. The van der Waals surface area contributed by atoms with Crippen molar-refractivity contribution in [3.8, 4) is 0 Å². The van der Waals surface area contributed by atoms with Gasteiger partial charge in [-0.15, -0.1) is 0 Å². The van der Waals surface area contributed by atoms with Gasteiger partial charge in [0.1, 0.15) is 0 Å². The highest BCUT2D eigenvalue weighted by Crippen LogP contribution is 2.21. The molecule has 0 aromatic carbocycles. The molecule has 55 heavy (non-hydrogen) atoms. The smallest absolute Gasteiger partial charge is 0.339 e. The average molecular weight is 787 g/mol. The first-order valence-corrected chi connectivity index (χ1v) is 20.8. The Morgan fingerprint density at radius 1 is 0.382 bits per heavy atom. The third-order valence-electron chi connectivity index (χ3n) is 8.66. The summed E-state index contributed by atoms with van der Waals surface area (Å²) in [6, 6.07) is 0. The first-order chi connectivity index (χ1) is 26.1. The maximum absolute atomic E-state index is 13.0. The van der Waals surface area contributed by atoms with E-state index >= 15 is 0 Å². The van der Waals surface area contributed by atoms with E-state index in [-0.39, 0.29) is 57.5 Å². The summed E-state index contributed by atoms with van der Waals surface area (Å²) in [5.41, 5.74) is -2.49. The lowest BCUT2D eigenvalue weighted by Gasteiger charge is -2.24. The molecule has 0 saturated heterocycles. The number of hydrogen-bond acceptors (Lipinski definition) is 13. The molecular formula is C42H74O13. The Labute approximate surface area is 330 Å². The van der Waals surface area contributed by atoms with E-state index in [1.165, 1.54) is 0 Å². The number of rotatable bonds is 35. The van der Waals surface area contributed by atoms with Gasteiger partial charge < -0.3 is 33.5 Å². The number of aliphatic hydroxyl groups is 1. The maximum atomic E-state index is 13.0. The van der Waals surface area contributed by atoms with Crippen LogP contribution in [0.1, 0.15) is 170 Å². The van der Waals surface area contributed by atoms with Gasteiger partial charge in [-0.25, -0.2) is 4.79 Å². The summed E-state index contributed by atoms with van der Waals surface area (Å²) in [4.78, 5) is 73.9. The second-order valence-corrected chi connectivity index (χ2v) is 15.7. The zero-order chi connectivity index (χ0) is 41.3. The fourth-order valence-electron chi connectivity index (χ4n) is 5.34. The van der Waals surface area contributed by atoms with Crippen molar-refractivity contribution in [2.75, 3.05) is 39.6 Å². The Bertz CT molecular complexity index is 1020. The highest BCUT2D eigenvalue weighted by molar-refractivity contribution is 5.90. The van der Waals surface area contributed by atoms with Gasteiger partial charge >= 0.3 is 35.8 Å². The van der Waals surface area contributed by atoms with E-state index in [2.05, 4.69) is 41.5 Å². The highest BCUT2D eigenvalue weighted by Gasteiger charge is 2.43. The maximum Gasteiger partial charge on any atom is 0.339 e. The first kappa shape index (κ1) is 51.8. The minimum Gasteiger partial charge on any atom is -0.466 e. The Hall–Kier alpha value is -3.22. The molecule has 0 aliphatic carbocycles. The zero-order valence-corrected chi connectivity index (χ0v) is 35.0. The van der Waals surface area contributed by atoms with Crippen LogP contribution in [0.2, 0.25) is 0 Å². The van der Waals surface area contributed by atoms with E-state index in [0.717, 1.165) is 38.5 Å². The molecule has 0 saturated carbocycles. The van der Waals surface area contributed by atoms with Gasteiger partial charge in [-0.05, 0) is 94.8 Å². The van der Waals surface area contributed by atoms with E-state index < -0.39 is 36.4 Å². The molecule has 0 aliphatic heterocycles. The molecule has 0 fully saturated rings. The fraction of sp³-hybridized carbons (Fsp3) is 0.857. The number of unbranched alkanes of at least 4 members (excludes halogenated alkanes) is 6. The van der Waals surface area contributed by atoms with E-state index in [4.69, 9.17) is 28.4 Å². The van der Waals surface area contributed by atoms with Crippen LogP contribution in [0, 0.1) is 17.8 Å². The van der Waals surface area contributed by atoms with E-state index in [9.17, 15) is 33.9 Å². The van der Waals surface area contributed by atoms with Crippen molar-refractivity contribution in [1.29, 1.82) is 0 Å². The summed E-state index contributed by atoms with van der Waals surface area (Å²) in [5.74, 6) is -1.99. The van der Waals surface area contributed by atoms with Crippen LogP contribution in [-0.4, -0.2) is 86.2 Å². The number of carbonyl (C=O) groups is 6. The van der Waals surface area contributed by atoms with E-state index in [0.29, 0.717) is 94.8 Å². The monoisotopic (exact) mass is 787 g/mol. The second-order valence-electron chi connectivity index (χ2n) is 15.7. The lowest BCUT2D eigenvalue weighted by Crippen LogP contribution is -2.45. The Morgan fingerprint density at radius 2 is 0.636 bits per heavy atom.